The zero-order chi connectivity index (χ0) is 19.3. The maximum atomic E-state index is 12.4. The zero-order valence-electron chi connectivity index (χ0n) is 15.5. The largest absolute Gasteiger partial charge is 0.484 e. The lowest BCUT2D eigenvalue weighted by molar-refractivity contribution is -0.130. The van der Waals surface area contributed by atoms with Crippen molar-refractivity contribution >= 4 is 23.6 Å². The van der Waals surface area contributed by atoms with E-state index in [-0.39, 0.29) is 18.4 Å². The molecule has 1 atom stereocenters. The molecule has 2 rings (SSSR count). The lowest BCUT2D eigenvalue weighted by atomic mass is 10.2. The maximum Gasteiger partial charge on any atom is 0.258 e. The number of thioether (sulfide) groups is 1. The minimum atomic E-state index is -0.561. The van der Waals surface area contributed by atoms with E-state index in [1.165, 1.54) is 0 Å². The predicted molar refractivity (Wildman–Crippen MR) is 107 cm³/mol. The van der Waals surface area contributed by atoms with Crippen LogP contribution in [0.25, 0.3) is 0 Å². The van der Waals surface area contributed by atoms with Gasteiger partial charge in [-0.25, -0.2) is 0 Å². The normalized spacial score (nSPS) is 11.6. The van der Waals surface area contributed by atoms with Crippen LogP contribution in [0, 0.1) is 0 Å². The number of aromatic nitrogens is 2. The summed E-state index contributed by atoms with van der Waals surface area (Å²) in [7, 11) is 0. The molecule has 0 bridgehead atoms. The average molecular weight is 391 g/mol. The lowest BCUT2D eigenvalue weighted by Crippen LogP contribution is -2.48. The van der Waals surface area contributed by atoms with Gasteiger partial charge in [-0.15, -0.1) is 0 Å². The van der Waals surface area contributed by atoms with Crippen molar-refractivity contribution in [2.24, 2.45) is 0 Å². The van der Waals surface area contributed by atoms with Crippen molar-refractivity contribution in [2.45, 2.75) is 25.4 Å². The van der Waals surface area contributed by atoms with E-state index < -0.39 is 6.04 Å². The maximum absolute atomic E-state index is 12.4. The molecule has 7 nitrogen and oxygen atoms in total. The van der Waals surface area contributed by atoms with Crippen LogP contribution >= 0.6 is 11.8 Å². The molecule has 0 radical (unpaired) electrons. The number of aryl methyl sites for hydroxylation is 1. The second kappa shape index (κ2) is 12.0. The number of carbonyl (C=O) groups is 2. The average Bonchev–Trinajstić information content (AvgIpc) is 3.21. The van der Waals surface area contributed by atoms with Gasteiger partial charge in [-0.05, 0) is 43.0 Å². The summed E-state index contributed by atoms with van der Waals surface area (Å²) < 4.78 is 7.25. The molecule has 0 fully saturated rings. The first-order chi connectivity index (χ1) is 13.2. The van der Waals surface area contributed by atoms with Gasteiger partial charge in [0.25, 0.3) is 5.91 Å². The van der Waals surface area contributed by atoms with Crippen molar-refractivity contribution in [1.82, 2.24) is 20.4 Å². The van der Waals surface area contributed by atoms with Gasteiger partial charge in [-0.1, -0.05) is 18.2 Å². The second-order valence-electron chi connectivity index (χ2n) is 5.92. The summed E-state index contributed by atoms with van der Waals surface area (Å²) in [6, 6.07) is 10.4. The zero-order valence-corrected chi connectivity index (χ0v) is 16.3. The van der Waals surface area contributed by atoms with Gasteiger partial charge in [0, 0.05) is 25.5 Å². The highest BCUT2D eigenvalue weighted by molar-refractivity contribution is 7.98. The van der Waals surface area contributed by atoms with E-state index in [4.69, 9.17) is 4.74 Å². The molecule has 0 aliphatic heterocycles. The van der Waals surface area contributed by atoms with Gasteiger partial charge in [0.05, 0.1) is 0 Å². The van der Waals surface area contributed by atoms with Crippen LogP contribution < -0.4 is 15.4 Å². The number of benzene rings is 1. The number of hydrogen-bond acceptors (Lipinski definition) is 5. The number of nitrogens with one attached hydrogen (secondary N) is 2. The quantitative estimate of drug-likeness (QED) is 0.539. The van der Waals surface area contributed by atoms with Crippen LogP contribution in [-0.4, -0.2) is 52.8 Å². The second-order valence-corrected chi connectivity index (χ2v) is 6.90. The van der Waals surface area contributed by atoms with Crippen molar-refractivity contribution in [3.63, 3.8) is 0 Å². The Hall–Kier alpha value is -2.48. The van der Waals surface area contributed by atoms with Crippen molar-refractivity contribution in [3.8, 4) is 5.75 Å². The fourth-order valence-corrected chi connectivity index (χ4v) is 2.89. The van der Waals surface area contributed by atoms with Crippen molar-refractivity contribution in [2.75, 3.05) is 25.2 Å². The summed E-state index contributed by atoms with van der Waals surface area (Å²) in [6.07, 6.45) is 6.93. The van der Waals surface area contributed by atoms with Gasteiger partial charge in [0.1, 0.15) is 11.8 Å². The van der Waals surface area contributed by atoms with Gasteiger partial charge in [0.2, 0.25) is 5.91 Å². The smallest absolute Gasteiger partial charge is 0.258 e. The first-order valence-corrected chi connectivity index (χ1v) is 10.3. The van der Waals surface area contributed by atoms with Gasteiger partial charge in [-0.2, -0.15) is 16.9 Å². The number of rotatable bonds is 12. The molecule has 2 amide bonds. The van der Waals surface area contributed by atoms with Gasteiger partial charge in [0.15, 0.2) is 6.61 Å². The van der Waals surface area contributed by atoms with Gasteiger partial charge >= 0.3 is 0 Å². The number of nitrogens with zero attached hydrogens (tertiary/aromatic N) is 2. The van der Waals surface area contributed by atoms with E-state index in [0.29, 0.717) is 18.7 Å². The fourth-order valence-electron chi connectivity index (χ4n) is 2.41. The molecule has 0 aliphatic rings. The Balaban J connectivity index is 1.74. The molecule has 2 aromatic rings. The van der Waals surface area contributed by atoms with Crippen LogP contribution in [0.5, 0.6) is 5.75 Å². The molecule has 27 heavy (non-hydrogen) atoms. The number of amides is 2. The minimum Gasteiger partial charge on any atom is -0.484 e. The van der Waals surface area contributed by atoms with E-state index in [0.717, 1.165) is 18.7 Å². The van der Waals surface area contributed by atoms with E-state index >= 15 is 0 Å². The van der Waals surface area contributed by atoms with Crippen LogP contribution in [0.4, 0.5) is 0 Å². The monoisotopic (exact) mass is 390 g/mol. The molecule has 1 aromatic carbocycles. The number of ether oxygens (including phenoxy) is 1. The Morgan fingerprint density at radius 3 is 2.78 bits per heavy atom. The van der Waals surface area contributed by atoms with Crippen LogP contribution in [-0.2, 0) is 16.1 Å². The molecule has 146 valence electrons. The van der Waals surface area contributed by atoms with Gasteiger partial charge < -0.3 is 15.4 Å². The van der Waals surface area contributed by atoms with E-state index in [9.17, 15) is 9.59 Å². The molecule has 1 aromatic heterocycles. The molecule has 0 aliphatic carbocycles. The molecular weight excluding hydrogens is 364 g/mol. The summed E-state index contributed by atoms with van der Waals surface area (Å²) in [5.41, 5.74) is 0. The summed E-state index contributed by atoms with van der Waals surface area (Å²) in [4.78, 5) is 24.6. The van der Waals surface area contributed by atoms with Gasteiger partial charge in [-0.3, -0.25) is 14.3 Å². The Morgan fingerprint density at radius 2 is 2.07 bits per heavy atom. The third-order valence-corrected chi connectivity index (χ3v) is 4.44. The summed E-state index contributed by atoms with van der Waals surface area (Å²) in [5.74, 6) is 0.927. The molecule has 1 heterocycles. The summed E-state index contributed by atoms with van der Waals surface area (Å²) in [5, 5.41) is 9.78. The molecular formula is C19H26N4O3S. The summed E-state index contributed by atoms with van der Waals surface area (Å²) in [6.45, 7) is 1.15. The van der Waals surface area contributed by atoms with Crippen molar-refractivity contribution in [1.29, 1.82) is 0 Å². The fraction of sp³-hybridized carbons (Fsp3) is 0.421. The van der Waals surface area contributed by atoms with E-state index in [1.807, 2.05) is 41.4 Å². The minimum absolute atomic E-state index is 0.119. The van der Waals surface area contributed by atoms with E-state index in [2.05, 4.69) is 15.7 Å². The SMILES string of the molecule is CSCCC(NC(=O)COc1ccccc1)C(=O)NCCCn1cccn1. The van der Waals surface area contributed by atoms with E-state index in [1.54, 1.807) is 30.1 Å². The standard InChI is InChI=1S/C19H26N4O3S/c1-27-14-9-17(19(25)20-10-5-12-23-13-6-11-21-23)22-18(24)15-26-16-7-3-2-4-8-16/h2-4,6-8,11,13,17H,5,9-10,12,14-15H2,1H3,(H,20,25)(H,22,24). The molecule has 1 unspecified atom stereocenters. The predicted octanol–water partition coefficient (Wildman–Crippen LogP) is 1.71. The Labute approximate surface area is 163 Å². The first-order valence-electron chi connectivity index (χ1n) is 8.90. The number of carbonyl (C=O) groups excluding carboxylic acids is 2. The molecule has 2 N–H and O–H groups in total. The first kappa shape index (κ1) is 20.8. The lowest BCUT2D eigenvalue weighted by Gasteiger charge is -2.18. The number of hydrogen-bond donors (Lipinski definition) is 2. The highest BCUT2D eigenvalue weighted by Gasteiger charge is 2.20. The molecule has 0 spiro atoms. The third kappa shape index (κ3) is 8.17. The topological polar surface area (TPSA) is 85.2 Å². The molecule has 0 saturated heterocycles. The Kier molecular flexibility index (Phi) is 9.26. The van der Waals surface area contributed by atoms with Crippen LogP contribution in [0.1, 0.15) is 12.8 Å². The van der Waals surface area contributed by atoms with Crippen LogP contribution in [0.15, 0.2) is 48.8 Å². The highest BCUT2D eigenvalue weighted by Crippen LogP contribution is 2.08. The van der Waals surface area contributed by atoms with Crippen molar-refractivity contribution in [3.05, 3.63) is 48.8 Å². The Morgan fingerprint density at radius 1 is 1.26 bits per heavy atom. The molecule has 0 saturated carbocycles. The summed E-state index contributed by atoms with van der Waals surface area (Å²) >= 11 is 1.64. The third-order valence-electron chi connectivity index (χ3n) is 3.80. The molecule has 8 heteroatoms. The highest BCUT2D eigenvalue weighted by atomic mass is 32.2. The Bertz CT molecular complexity index is 680. The van der Waals surface area contributed by atoms with Crippen LogP contribution in [0.2, 0.25) is 0 Å². The van der Waals surface area contributed by atoms with Crippen LogP contribution in [0.3, 0.4) is 0 Å². The van der Waals surface area contributed by atoms with Crippen molar-refractivity contribution < 1.29 is 14.3 Å². The number of para-hydroxylation sites is 1.